The second kappa shape index (κ2) is 6.57. The Morgan fingerprint density at radius 2 is 2.05 bits per heavy atom. The van der Waals surface area contributed by atoms with Crippen LogP contribution in [0.5, 0.6) is 11.5 Å². The van der Waals surface area contributed by atoms with Gasteiger partial charge < -0.3 is 9.47 Å². The molecule has 0 unspecified atom stereocenters. The number of alkyl halides is 1. The van der Waals surface area contributed by atoms with Crippen molar-refractivity contribution in [3.05, 3.63) is 53.1 Å². The zero-order valence-corrected chi connectivity index (χ0v) is 12.1. The molecule has 1 heterocycles. The second-order valence-corrected chi connectivity index (χ2v) is 4.54. The Balaban J connectivity index is 2.12. The van der Waals surface area contributed by atoms with Crippen LogP contribution in [-0.4, -0.2) is 12.1 Å². The van der Waals surface area contributed by atoms with Crippen molar-refractivity contribution in [3.63, 3.8) is 0 Å². The molecule has 0 saturated carbocycles. The van der Waals surface area contributed by atoms with Crippen molar-refractivity contribution < 1.29 is 13.9 Å². The standard InChI is InChI=1S/C15H15ClFNO2/c1-10-3-6-15(14(8-16)18-10)20-9-11-4-5-12(19-2)7-13(11)17/h3-7H,8-9H2,1-2H3. The lowest BCUT2D eigenvalue weighted by atomic mass is 10.2. The first-order valence-corrected chi connectivity index (χ1v) is 6.65. The summed E-state index contributed by atoms with van der Waals surface area (Å²) in [6, 6.07) is 8.28. The first-order chi connectivity index (χ1) is 9.63. The molecule has 1 aromatic carbocycles. The van der Waals surface area contributed by atoms with Crippen LogP contribution in [0.1, 0.15) is 17.0 Å². The summed E-state index contributed by atoms with van der Waals surface area (Å²) in [5, 5.41) is 0. The van der Waals surface area contributed by atoms with Gasteiger partial charge in [0.15, 0.2) is 0 Å². The van der Waals surface area contributed by atoms with Crippen LogP contribution >= 0.6 is 11.6 Å². The van der Waals surface area contributed by atoms with Gasteiger partial charge in [0.05, 0.1) is 18.7 Å². The quantitative estimate of drug-likeness (QED) is 0.785. The molecule has 0 fully saturated rings. The Morgan fingerprint density at radius 3 is 2.70 bits per heavy atom. The predicted molar refractivity (Wildman–Crippen MR) is 75.8 cm³/mol. The van der Waals surface area contributed by atoms with Crippen LogP contribution in [-0.2, 0) is 12.5 Å². The molecule has 0 aliphatic rings. The van der Waals surface area contributed by atoms with Gasteiger partial charge in [-0.3, -0.25) is 4.98 Å². The highest BCUT2D eigenvalue weighted by Gasteiger charge is 2.08. The molecule has 0 amide bonds. The van der Waals surface area contributed by atoms with E-state index in [4.69, 9.17) is 21.1 Å². The number of aryl methyl sites for hydroxylation is 1. The zero-order valence-electron chi connectivity index (χ0n) is 11.3. The summed E-state index contributed by atoms with van der Waals surface area (Å²) in [7, 11) is 1.50. The molecular weight excluding hydrogens is 281 g/mol. The first kappa shape index (κ1) is 14.6. The highest BCUT2D eigenvalue weighted by Crippen LogP contribution is 2.22. The van der Waals surface area contributed by atoms with E-state index in [1.807, 2.05) is 13.0 Å². The van der Waals surface area contributed by atoms with Gasteiger partial charge >= 0.3 is 0 Å². The molecule has 0 atom stereocenters. The van der Waals surface area contributed by atoms with E-state index in [0.29, 0.717) is 22.8 Å². The Kier molecular flexibility index (Phi) is 4.79. The van der Waals surface area contributed by atoms with Gasteiger partial charge in [0.1, 0.15) is 23.9 Å². The number of rotatable bonds is 5. The van der Waals surface area contributed by atoms with Crippen LogP contribution in [0.15, 0.2) is 30.3 Å². The maximum atomic E-state index is 13.8. The van der Waals surface area contributed by atoms with Crippen molar-refractivity contribution in [1.82, 2.24) is 4.98 Å². The largest absolute Gasteiger partial charge is 0.497 e. The Labute approximate surface area is 122 Å². The monoisotopic (exact) mass is 295 g/mol. The fourth-order valence-electron chi connectivity index (χ4n) is 1.75. The average molecular weight is 296 g/mol. The van der Waals surface area contributed by atoms with Crippen molar-refractivity contribution >= 4 is 11.6 Å². The maximum absolute atomic E-state index is 13.8. The number of ether oxygens (including phenoxy) is 2. The van der Waals surface area contributed by atoms with Gasteiger partial charge in [0.2, 0.25) is 0 Å². The number of hydrogen-bond donors (Lipinski definition) is 0. The molecule has 20 heavy (non-hydrogen) atoms. The van der Waals surface area contributed by atoms with Gasteiger partial charge in [0, 0.05) is 17.3 Å². The molecule has 0 N–H and O–H groups in total. The molecule has 2 rings (SSSR count). The first-order valence-electron chi connectivity index (χ1n) is 6.11. The normalized spacial score (nSPS) is 10.4. The van der Waals surface area contributed by atoms with Gasteiger partial charge in [-0.2, -0.15) is 0 Å². The summed E-state index contributed by atoms with van der Waals surface area (Å²) in [6.45, 7) is 1.99. The molecule has 5 heteroatoms. The van der Waals surface area contributed by atoms with E-state index in [2.05, 4.69) is 4.98 Å². The molecule has 0 saturated heterocycles. The summed E-state index contributed by atoms with van der Waals surface area (Å²) in [6.07, 6.45) is 0. The van der Waals surface area contributed by atoms with Gasteiger partial charge in [0.25, 0.3) is 0 Å². The van der Waals surface area contributed by atoms with E-state index in [1.54, 1.807) is 18.2 Å². The van der Waals surface area contributed by atoms with Crippen molar-refractivity contribution in [1.29, 1.82) is 0 Å². The van der Waals surface area contributed by atoms with Crippen molar-refractivity contribution in [2.24, 2.45) is 0 Å². The number of halogens is 2. The van der Waals surface area contributed by atoms with Gasteiger partial charge in [-0.25, -0.2) is 4.39 Å². The van der Waals surface area contributed by atoms with E-state index >= 15 is 0 Å². The van der Waals surface area contributed by atoms with E-state index in [9.17, 15) is 4.39 Å². The van der Waals surface area contributed by atoms with Crippen LogP contribution in [0.3, 0.4) is 0 Å². The third-order valence-corrected chi connectivity index (χ3v) is 3.09. The number of hydrogen-bond acceptors (Lipinski definition) is 3. The summed E-state index contributed by atoms with van der Waals surface area (Å²) in [5.41, 5.74) is 1.97. The minimum atomic E-state index is -0.364. The number of nitrogens with zero attached hydrogens (tertiary/aromatic N) is 1. The molecule has 2 aromatic rings. The minimum Gasteiger partial charge on any atom is -0.497 e. The highest BCUT2D eigenvalue weighted by atomic mass is 35.5. The smallest absolute Gasteiger partial charge is 0.142 e. The van der Waals surface area contributed by atoms with Crippen LogP contribution < -0.4 is 9.47 Å². The molecule has 0 aliphatic carbocycles. The minimum absolute atomic E-state index is 0.116. The predicted octanol–water partition coefficient (Wildman–Crippen LogP) is 3.86. The molecule has 3 nitrogen and oxygen atoms in total. The topological polar surface area (TPSA) is 31.4 Å². The van der Waals surface area contributed by atoms with Crippen molar-refractivity contribution in [3.8, 4) is 11.5 Å². The molecule has 0 radical (unpaired) electrons. The highest BCUT2D eigenvalue weighted by molar-refractivity contribution is 6.17. The maximum Gasteiger partial charge on any atom is 0.142 e. The molecule has 0 spiro atoms. The van der Waals surface area contributed by atoms with Crippen molar-refractivity contribution in [2.45, 2.75) is 19.4 Å². The lowest BCUT2D eigenvalue weighted by Crippen LogP contribution is -2.02. The summed E-state index contributed by atoms with van der Waals surface area (Å²) in [5.74, 6) is 0.935. The van der Waals surface area contributed by atoms with E-state index in [0.717, 1.165) is 5.69 Å². The lowest BCUT2D eigenvalue weighted by molar-refractivity contribution is 0.295. The second-order valence-electron chi connectivity index (χ2n) is 4.28. The third-order valence-electron chi connectivity index (χ3n) is 2.84. The lowest BCUT2D eigenvalue weighted by Gasteiger charge is -2.11. The molecule has 106 valence electrons. The fourth-order valence-corrected chi connectivity index (χ4v) is 1.94. The number of benzene rings is 1. The molecule has 0 aliphatic heterocycles. The van der Waals surface area contributed by atoms with Crippen LogP contribution in [0, 0.1) is 12.7 Å². The summed E-state index contributed by atoms with van der Waals surface area (Å²) < 4.78 is 24.3. The van der Waals surface area contributed by atoms with Gasteiger partial charge in [-0.1, -0.05) is 0 Å². The SMILES string of the molecule is COc1ccc(COc2ccc(C)nc2CCl)c(F)c1. The average Bonchev–Trinajstić information content (AvgIpc) is 2.46. The molecule has 1 aromatic heterocycles. The van der Waals surface area contributed by atoms with E-state index in [1.165, 1.54) is 13.2 Å². The molecular formula is C15H15ClFNO2. The van der Waals surface area contributed by atoms with E-state index in [-0.39, 0.29) is 18.3 Å². The van der Waals surface area contributed by atoms with Gasteiger partial charge in [-0.15, -0.1) is 11.6 Å². The third kappa shape index (κ3) is 3.39. The van der Waals surface area contributed by atoms with Crippen LogP contribution in [0.2, 0.25) is 0 Å². The Morgan fingerprint density at radius 1 is 1.25 bits per heavy atom. The van der Waals surface area contributed by atoms with Crippen LogP contribution in [0.25, 0.3) is 0 Å². The Bertz CT molecular complexity index is 604. The number of methoxy groups -OCH3 is 1. The number of aromatic nitrogens is 1. The summed E-state index contributed by atoms with van der Waals surface area (Å²) in [4.78, 5) is 4.28. The summed E-state index contributed by atoms with van der Waals surface area (Å²) >= 11 is 5.82. The Hall–Kier alpha value is -1.81. The fraction of sp³-hybridized carbons (Fsp3) is 0.267. The number of pyridine rings is 1. The van der Waals surface area contributed by atoms with Gasteiger partial charge in [-0.05, 0) is 31.2 Å². The zero-order chi connectivity index (χ0) is 14.5. The van der Waals surface area contributed by atoms with Crippen LogP contribution in [0.4, 0.5) is 4.39 Å². The van der Waals surface area contributed by atoms with Crippen molar-refractivity contribution in [2.75, 3.05) is 7.11 Å². The molecule has 0 bridgehead atoms. The van der Waals surface area contributed by atoms with E-state index < -0.39 is 0 Å².